The van der Waals surface area contributed by atoms with Gasteiger partial charge in [0.1, 0.15) is 5.03 Å². The van der Waals surface area contributed by atoms with Gasteiger partial charge in [-0.3, -0.25) is 0 Å². The van der Waals surface area contributed by atoms with Crippen molar-refractivity contribution in [3.05, 3.63) is 51.9 Å². The molecule has 1 aromatic carbocycles. The number of fused-ring (bicyclic) bond motifs is 1. The summed E-state index contributed by atoms with van der Waals surface area (Å²) < 4.78 is 1.27. The zero-order valence-corrected chi connectivity index (χ0v) is 11.4. The molecule has 0 amide bonds. The molecular weight excluding hydrogens is 260 g/mol. The van der Waals surface area contributed by atoms with Crippen LogP contribution >= 0.6 is 11.8 Å². The Labute approximate surface area is 113 Å². The molecule has 2 heterocycles. The molecule has 0 spiro atoms. The van der Waals surface area contributed by atoms with Crippen LogP contribution < -0.4 is 5.69 Å². The number of hydrogen-bond donors (Lipinski definition) is 1. The molecule has 1 N–H and O–H groups in total. The molecule has 6 heteroatoms. The van der Waals surface area contributed by atoms with Gasteiger partial charge in [-0.1, -0.05) is 23.9 Å². The molecule has 0 aliphatic rings. The summed E-state index contributed by atoms with van der Waals surface area (Å²) in [6, 6.07) is 9.79. The van der Waals surface area contributed by atoms with E-state index in [1.54, 1.807) is 17.8 Å². The summed E-state index contributed by atoms with van der Waals surface area (Å²) in [5, 5.41) is 11.3. The molecule has 96 valence electrons. The Hall–Kier alpha value is -2.08. The van der Waals surface area contributed by atoms with Gasteiger partial charge in [0.05, 0.1) is 0 Å². The van der Waals surface area contributed by atoms with E-state index in [9.17, 15) is 4.79 Å². The lowest BCUT2D eigenvalue weighted by Crippen LogP contribution is -2.12. The van der Waals surface area contributed by atoms with Gasteiger partial charge >= 0.3 is 5.69 Å². The Morgan fingerprint density at radius 2 is 2.05 bits per heavy atom. The molecule has 0 saturated heterocycles. The largest absolute Gasteiger partial charge is 0.364 e. The fourth-order valence-electron chi connectivity index (χ4n) is 1.79. The molecule has 0 fully saturated rings. The second-order valence-corrected chi connectivity index (χ2v) is 5.33. The molecular formula is C13H12N4OS. The van der Waals surface area contributed by atoms with E-state index in [1.165, 1.54) is 15.6 Å². The van der Waals surface area contributed by atoms with Gasteiger partial charge in [0.15, 0.2) is 5.65 Å². The SMILES string of the molecule is Cc1cccc(Sc2ccc3n[nH]c(=O)n3n2)c1C. The lowest BCUT2D eigenvalue weighted by Gasteiger charge is -2.07. The number of aromatic nitrogens is 4. The van der Waals surface area contributed by atoms with Gasteiger partial charge in [-0.05, 0) is 43.2 Å². The minimum atomic E-state index is -0.321. The lowest BCUT2D eigenvalue weighted by molar-refractivity contribution is 0.820. The van der Waals surface area contributed by atoms with E-state index in [0.29, 0.717) is 5.65 Å². The van der Waals surface area contributed by atoms with Crippen molar-refractivity contribution < 1.29 is 0 Å². The first-order valence-electron chi connectivity index (χ1n) is 5.84. The maximum absolute atomic E-state index is 11.5. The van der Waals surface area contributed by atoms with E-state index in [4.69, 9.17) is 0 Å². The molecule has 5 nitrogen and oxygen atoms in total. The fraction of sp³-hybridized carbons (Fsp3) is 0.154. The average Bonchev–Trinajstić information content (AvgIpc) is 2.77. The van der Waals surface area contributed by atoms with Crippen molar-refractivity contribution in [2.24, 2.45) is 0 Å². The molecule has 3 aromatic rings. The third-order valence-corrected chi connectivity index (χ3v) is 4.11. The summed E-state index contributed by atoms with van der Waals surface area (Å²) in [7, 11) is 0. The number of aromatic amines is 1. The summed E-state index contributed by atoms with van der Waals surface area (Å²) >= 11 is 1.54. The Balaban J connectivity index is 2.03. The van der Waals surface area contributed by atoms with Crippen molar-refractivity contribution in [2.75, 3.05) is 0 Å². The van der Waals surface area contributed by atoms with Crippen molar-refractivity contribution in [3.63, 3.8) is 0 Å². The number of rotatable bonds is 2. The van der Waals surface area contributed by atoms with Crippen LogP contribution in [0.1, 0.15) is 11.1 Å². The van der Waals surface area contributed by atoms with Crippen LogP contribution in [0.3, 0.4) is 0 Å². The highest BCUT2D eigenvalue weighted by Gasteiger charge is 2.07. The summed E-state index contributed by atoms with van der Waals surface area (Å²) in [6.45, 7) is 4.16. The Bertz CT molecular complexity index is 806. The van der Waals surface area contributed by atoms with Crippen molar-refractivity contribution >= 4 is 17.4 Å². The predicted molar refractivity (Wildman–Crippen MR) is 73.6 cm³/mol. The molecule has 0 saturated carbocycles. The van der Waals surface area contributed by atoms with Gasteiger partial charge in [0, 0.05) is 4.90 Å². The van der Waals surface area contributed by atoms with E-state index in [0.717, 1.165) is 9.92 Å². The topological polar surface area (TPSA) is 63.0 Å². The number of hydrogen-bond acceptors (Lipinski definition) is 4. The minimum Gasteiger partial charge on any atom is -0.244 e. The van der Waals surface area contributed by atoms with Crippen LogP contribution in [0.5, 0.6) is 0 Å². The van der Waals surface area contributed by atoms with Crippen LogP contribution in [0.15, 0.2) is 45.0 Å². The van der Waals surface area contributed by atoms with Gasteiger partial charge in [-0.25, -0.2) is 9.89 Å². The Morgan fingerprint density at radius 1 is 1.21 bits per heavy atom. The molecule has 2 aromatic heterocycles. The monoisotopic (exact) mass is 272 g/mol. The second kappa shape index (κ2) is 4.55. The third-order valence-electron chi connectivity index (χ3n) is 3.02. The zero-order chi connectivity index (χ0) is 13.4. The summed E-state index contributed by atoms with van der Waals surface area (Å²) in [5.41, 5.74) is 2.68. The number of nitrogens with one attached hydrogen (secondary N) is 1. The zero-order valence-electron chi connectivity index (χ0n) is 10.5. The smallest absolute Gasteiger partial charge is 0.244 e. The van der Waals surface area contributed by atoms with Gasteiger partial charge in [0.25, 0.3) is 0 Å². The Kier molecular flexibility index (Phi) is 2.87. The first-order valence-corrected chi connectivity index (χ1v) is 6.65. The fourth-order valence-corrected chi connectivity index (χ4v) is 2.73. The molecule has 0 atom stereocenters. The summed E-state index contributed by atoms with van der Waals surface area (Å²) in [6.07, 6.45) is 0. The van der Waals surface area contributed by atoms with Gasteiger partial charge in [-0.15, -0.1) is 0 Å². The maximum atomic E-state index is 11.5. The second-order valence-electron chi connectivity index (χ2n) is 4.27. The molecule has 0 aliphatic heterocycles. The van der Waals surface area contributed by atoms with Gasteiger partial charge in [-0.2, -0.15) is 14.7 Å². The van der Waals surface area contributed by atoms with Crippen LogP contribution in [0, 0.1) is 13.8 Å². The van der Waals surface area contributed by atoms with Gasteiger partial charge in [0.2, 0.25) is 0 Å². The molecule has 19 heavy (non-hydrogen) atoms. The standard InChI is InChI=1S/C13H12N4OS/c1-8-4-3-5-10(9(8)2)19-12-7-6-11-14-15-13(18)17(11)16-12/h3-7H,1-2H3,(H,15,18). The van der Waals surface area contributed by atoms with Crippen molar-refractivity contribution in [1.29, 1.82) is 0 Å². The average molecular weight is 272 g/mol. The van der Waals surface area contributed by atoms with Crippen molar-refractivity contribution in [1.82, 2.24) is 19.8 Å². The van der Waals surface area contributed by atoms with E-state index < -0.39 is 0 Å². The van der Waals surface area contributed by atoms with Crippen molar-refractivity contribution in [2.45, 2.75) is 23.8 Å². The highest BCUT2D eigenvalue weighted by Crippen LogP contribution is 2.29. The number of benzene rings is 1. The van der Waals surface area contributed by atoms with E-state index in [2.05, 4.69) is 41.3 Å². The first kappa shape index (κ1) is 12.0. The van der Waals surface area contributed by atoms with Crippen LogP contribution in [0.2, 0.25) is 0 Å². The first-order chi connectivity index (χ1) is 9.15. The van der Waals surface area contributed by atoms with E-state index >= 15 is 0 Å². The lowest BCUT2D eigenvalue weighted by atomic mass is 10.1. The van der Waals surface area contributed by atoms with E-state index in [1.807, 2.05) is 12.1 Å². The van der Waals surface area contributed by atoms with Crippen molar-refractivity contribution in [3.8, 4) is 0 Å². The molecule has 3 rings (SSSR count). The molecule has 0 radical (unpaired) electrons. The molecule has 0 bridgehead atoms. The number of nitrogens with zero attached hydrogens (tertiary/aromatic N) is 3. The van der Waals surface area contributed by atoms with Gasteiger partial charge < -0.3 is 0 Å². The molecule has 0 aliphatic carbocycles. The highest BCUT2D eigenvalue weighted by molar-refractivity contribution is 7.99. The Morgan fingerprint density at radius 3 is 2.89 bits per heavy atom. The summed E-state index contributed by atoms with van der Waals surface area (Å²) in [4.78, 5) is 12.6. The maximum Gasteiger partial charge on any atom is 0.364 e. The van der Waals surface area contributed by atoms with E-state index in [-0.39, 0.29) is 5.69 Å². The minimum absolute atomic E-state index is 0.321. The normalized spacial score (nSPS) is 11.1. The van der Waals surface area contributed by atoms with Crippen LogP contribution in [0.25, 0.3) is 5.65 Å². The third kappa shape index (κ3) is 2.15. The summed E-state index contributed by atoms with van der Waals surface area (Å²) in [5.74, 6) is 0. The number of H-pyrrole nitrogens is 1. The van der Waals surface area contributed by atoms with Crippen LogP contribution in [-0.2, 0) is 0 Å². The molecule has 0 unspecified atom stereocenters. The van der Waals surface area contributed by atoms with Crippen LogP contribution in [0.4, 0.5) is 0 Å². The van der Waals surface area contributed by atoms with Crippen LogP contribution in [-0.4, -0.2) is 19.8 Å². The quantitative estimate of drug-likeness (QED) is 0.776. The number of aryl methyl sites for hydroxylation is 1. The highest BCUT2D eigenvalue weighted by atomic mass is 32.2. The predicted octanol–water partition coefficient (Wildman–Crippen LogP) is 2.19.